The minimum atomic E-state index is -0.00219. The number of thiazole rings is 1. The van der Waals surface area contributed by atoms with Crippen molar-refractivity contribution in [1.82, 2.24) is 15.0 Å². The molecule has 7 heteroatoms. The van der Waals surface area contributed by atoms with Gasteiger partial charge in [0.25, 0.3) is 0 Å². The van der Waals surface area contributed by atoms with E-state index >= 15 is 0 Å². The SMILES string of the molecule is Cc1cc(-c2nc3c(Cl)cc4c(c3s2)OC[C@@H](C)O4)c2ncc(C)nc2c1. The van der Waals surface area contributed by atoms with Crippen molar-refractivity contribution in [3.63, 3.8) is 0 Å². The molecule has 4 aromatic rings. The second kappa shape index (κ2) is 6.04. The second-order valence-electron chi connectivity index (χ2n) is 6.81. The van der Waals surface area contributed by atoms with E-state index in [0.717, 1.165) is 48.8 Å². The standard InChI is InChI=1S/C20H16ClN3O2S/c1-9-4-12(16-14(5-9)23-10(2)7-22-16)20-24-17-13(21)6-15-18(19(17)27-20)25-8-11(3)26-15/h4-7,11H,8H2,1-3H3/t11-/m1/s1. The number of aryl methyl sites for hydroxylation is 2. The van der Waals surface area contributed by atoms with E-state index in [0.29, 0.717) is 17.4 Å². The molecule has 0 spiro atoms. The fourth-order valence-electron chi connectivity index (χ4n) is 3.31. The molecule has 2 aromatic heterocycles. The first kappa shape index (κ1) is 16.7. The van der Waals surface area contributed by atoms with Gasteiger partial charge in [0.2, 0.25) is 0 Å². The number of halogens is 1. The summed E-state index contributed by atoms with van der Waals surface area (Å²) in [6.07, 6.45) is 1.78. The predicted octanol–water partition coefficient (Wildman–Crippen LogP) is 5.34. The molecule has 0 bridgehead atoms. The summed E-state index contributed by atoms with van der Waals surface area (Å²) in [5, 5.41) is 1.40. The molecule has 27 heavy (non-hydrogen) atoms. The smallest absolute Gasteiger partial charge is 0.180 e. The van der Waals surface area contributed by atoms with Crippen molar-refractivity contribution in [1.29, 1.82) is 0 Å². The summed E-state index contributed by atoms with van der Waals surface area (Å²) >= 11 is 8.03. The topological polar surface area (TPSA) is 57.1 Å². The number of hydrogen-bond acceptors (Lipinski definition) is 6. The summed E-state index contributed by atoms with van der Waals surface area (Å²) in [7, 11) is 0. The number of aromatic nitrogens is 3. The predicted molar refractivity (Wildman–Crippen MR) is 108 cm³/mol. The quantitative estimate of drug-likeness (QED) is 0.434. The zero-order valence-corrected chi connectivity index (χ0v) is 16.6. The van der Waals surface area contributed by atoms with Crippen LogP contribution >= 0.6 is 22.9 Å². The first-order valence-corrected chi connectivity index (χ1v) is 9.86. The molecule has 0 aliphatic carbocycles. The lowest BCUT2D eigenvalue weighted by Crippen LogP contribution is -2.25. The van der Waals surface area contributed by atoms with Crippen molar-refractivity contribution < 1.29 is 9.47 Å². The van der Waals surface area contributed by atoms with E-state index in [1.807, 2.05) is 26.8 Å². The summed E-state index contributed by atoms with van der Waals surface area (Å²) in [6.45, 7) is 6.47. The molecule has 0 fully saturated rings. The van der Waals surface area contributed by atoms with E-state index < -0.39 is 0 Å². The van der Waals surface area contributed by atoms with Crippen molar-refractivity contribution in [3.8, 4) is 22.1 Å². The number of rotatable bonds is 1. The van der Waals surface area contributed by atoms with Gasteiger partial charge in [-0.1, -0.05) is 11.6 Å². The largest absolute Gasteiger partial charge is 0.484 e. The maximum absolute atomic E-state index is 6.49. The fraction of sp³-hybridized carbons (Fsp3) is 0.250. The maximum Gasteiger partial charge on any atom is 0.180 e. The van der Waals surface area contributed by atoms with Gasteiger partial charge in [-0.3, -0.25) is 4.98 Å². The molecule has 1 aliphatic rings. The molecular formula is C20H16ClN3O2S. The Labute approximate surface area is 165 Å². The molecule has 0 N–H and O–H groups in total. The van der Waals surface area contributed by atoms with Gasteiger partial charge in [-0.15, -0.1) is 11.3 Å². The summed E-state index contributed by atoms with van der Waals surface area (Å²) in [5.74, 6) is 1.39. The highest BCUT2D eigenvalue weighted by Gasteiger charge is 2.25. The molecule has 5 nitrogen and oxygen atoms in total. The lowest BCUT2D eigenvalue weighted by molar-refractivity contribution is 0.106. The Morgan fingerprint density at radius 3 is 2.85 bits per heavy atom. The van der Waals surface area contributed by atoms with Crippen LogP contribution in [0.3, 0.4) is 0 Å². The zero-order valence-electron chi connectivity index (χ0n) is 15.0. The Morgan fingerprint density at radius 1 is 1.15 bits per heavy atom. The molecule has 0 amide bonds. The Bertz CT molecular complexity index is 1220. The fourth-order valence-corrected chi connectivity index (χ4v) is 4.70. The van der Waals surface area contributed by atoms with E-state index in [2.05, 4.69) is 16.0 Å². The summed E-state index contributed by atoms with van der Waals surface area (Å²) in [5.41, 5.74) is 5.38. The van der Waals surface area contributed by atoms with Crippen LogP contribution in [0.25, 0.3) is 31.8 Å². The Morgan fingerprint density at radius 2 is 2.00 bits per heavy atom. The number of ether oxygens (including phenoxy) is 2. The second-order valence-corrected chi connectivity index (χ2v) is 8.22. The van der Waals surface area contributed by atoms with Gasteiger partial charge >= 0.3 is 0 Å². The van der Waals surface area contributed by atoms with Gasteiger partial charge in [-0.25, -0.2) is 9.97 Å². The van der Waals surface area contributed by atoms with Gasteiger partial charge in [0.05, 0.1) is 21.7 Å². The number of benzene rings is 2. The third kappa shape index (κ3) is 2.71. The summed E-state index contributed by atoms with van der Waals surface area (Å²) in [6, 6.07) is 5.92. The van der Waals surface area contributed by atoms with Gasteiger partial charge in [0.15, 0.2) is 11.5 Å². The summed E-state index contributed by atoms with van der Waals surface area (Å²) < 4.78 is 12.7. The van der Waals surface area contributed by atoms with Crippen molar-refractivity contribution in [2.24, 2.45) is 0 Å². The lowest BCUT2D eigenvalue weighted by Gasteiger charge is -2.24. The van der Waals surface area contributed by atoms with E-state index in [9.17, 15) is 0 Å². The Balaban J connectivity index is 1.78. The maximum atomic E-state index is 6.49. The van der Waals surface area contributed by atoms with Gasteiger partial charge < -0.3 is 9.47 Å². The highest BCUT2D eigenvalue weighted by atomic mass is 35.5. The summed E-state index contributed by atoms with van der Waals surface area (Å²) in [4.78, 5) is 14.0. The Hall–Kier alpha value is -2.44. The van der Waals surface area contributed by atoms with Gasteiger partial charge in [0.1, 0.15) is 27.9 Å². The van der Waals surface area contributed by atoms with Crippen LogP contribution in [0.4, 0.5) is 0 Å². The first-order valence-electron chi connectivity index (χ1n) is 8.66. The highest BCUT2D eigenvalue weighted by Crippen LogP contribution is 2.47. The molecule has 3 heterocycles. The van der Waals surface area contributed by atoms with Crippen molar-refractivity contribution in [2.45, 2.75) is 26.9 Å². The molecule has 0 unspecified atom stereocenters. The zero-order chi connectivity index (χ0) is 18.7. The molecule has 1 atom stereocenters. The van der Waals surface area contributed by atoms with Crippen molar-refractivity contribution in [3.05, 3.63) is 40.7 Å². The third-order valence-corrected chi connectivity index (χ3v) is 5.85. The molecule has 2 aromatic carbocycles. The molecule has 5 rings (SSSR count). The molecule has 1 aliphatic heterocycles. The van der Waals surface area contributed by atoms with Crippen LogP contribution in [0.5, 0.6) is 11.5 Å². The van der Waals surface area contributed by atoms with Crippen LogP contribution < -0.4 is 9.47 Å². The van der Waals surface area contributed by atoms with E-state index in [1.54, 1.807) is 12.3 Å². The average molecular weight is 398 g/mol. The first-order chi connectivity index (χ1) is 13.0. The Kier molecular flexibility index (Phi) is 3.74. The van der Waals surface area contributed by atoms with Gasteiger partial charge in [0, 0.05) is 17.8 Å². The minimum absolute atomic E-state index is 0.00219. The lowest BCUT2D eigenvalue weighted by atomic mass is 10.1. The van der Waals surface area contributed by atoms with E-state index in [4.69, 9.17) is 26.1 Å². The molecule has 0 saturated heterocycles. The highest BCUT2D eigenvalue weighted by molar-refractivity contribution is 7.22. The van der Waals surface area contributed by atoms with Crippen LogP contribution in [0, 0.1) is 13.8 Å². The van der Waals surface area contributed by atoms with Gasteiger partial charge in [-0.05, 0) is 38.5 Å². The molecule has 0 saturated carbocycles. The number of fused-ring (bicyclic) bond motifs is 4. The molecule has 136 valence electrons. The molecular weight excluding hydrogens is 382 g/mol. The van der Waals surface area contributed by atoms with E-state index in [-0.39, 0.29) is 6.10 Å². The number of hydrogen-bond donors (Lipinski definition) is 0. The monoisotopic (exact) mass is 397 g/mol. The normalized spacial score (nSPS) is 16.2. The average Bonchev–Trinajstić information content (AvgIpc) is 3.06. The van der Waals surface area contributed by atoms with Crippen LogP contribution in [0.15, 0.2) is 24.4 Å². The van der Waals surface area contributed by atoms with Crippen LogP contribution in [-0.4, -0.2) is 27.7 Å². The van der Waals surface area contributed by atoms with Crippen LogP contribution in [0.2, 0.25) is 5.02 Å². The van der Waals surface area contributed by atoms with Crippen molar-refractivity contribution in [2.75, 3.05) is 6.61 Å². The van der Waals surface area contributed by atoms with Crippen molar-refractivity contribution >= 4 is 44.2 Å². The van der Waals surface area contributed by atoms with Crippen LogP contribution in [0.1, 0.15) is 18.2 Å². The molecule has 0 radical (unpaired) electrons. The third-order valence-electron chi connectivity index (χ3n) is 4.47. The van der Waals surface area contributed by atoms with E-state index in [1.165, 1.54) is 11.3 Å². The van der Waals surface area contributed by atoms with Crippen LogP contribution in [-0.2, 0) is 0 Å². The minimum Gasteiger partial charge on any atom is -0.484 e. The van der Waals surface area contributed by atoms with Gasteiger partial charge in [-0.2, -0.15) is 0 Å². The number of nitrogens with zero attached hydrogens (tertiary/aromatic N) is 3.